The van der Waals surface area contributed by atoms with Crippen molar-refractivity contribution in [1.29, 1.82) is 0 Å². The van der Waals surface area contributed by atoms with Crippen LogP contribution in [-0.2, 0) is 11.2 Å². The second kappa shape index (κ2) is 8.91. The molecule has 0 fully saturated rings. The van der Waals surface area contributed by atoms with E-state index in [1.165, 1.54) is 5.56 Å². The van der Waals surface area contributed by atoms with E-state index in [-0.39, 0.29) is 0 Å². The van der Waals surface area contributed by atoms with E-state index in [9.17, 15) is 0 Å². The van der Waals surface area contributed by atoms with Crippen LogP contribution in [0.15, 0.2) is 24.3 Å². The molecular formula is C14H24N2O2. The summed E-state index contributed by atoms with van der Waals surface area (Å²) in [5.74, 6) is 0.881. The average Bonchev–Trinajstić information content (AvgIpc) is 2.35. The van der Waals surface area contributed by atoms with E-state index < -0.39 is 0 Å². The molecule has 4 heteroatoms. The van der Waals surface area contributed by atoms with Gasteiger partial charge in [0.15, 0.2) is 0 Å². The van der Waals surface area contributed by atoms with Crippen LogP contribution in [0.1, 0.15) is 5.56 Å². The summed E-state index contributed by atoms with van der Waals surface area (Å²) >= 11 is 0. The van der Waals surface area contributed by atoms with Crippen LogP contribution in [0.3, 0.4) is 0 Å². The van der Waals surface area contributed by atoms with E-state index in [1.807, 2.05) is 26.2 Å². The summed E-state index contributed by atoms with van der Waals surface area (Å²) in [5.41, 5.74) is 6.74. The monoisotopic (exact) mass is 252 g/mol. The van der Waals surface area contributed by atoms with Crippen molar-refractivity contribution in [3.63, 3.8) is 0 Å². The molecule has 0 saturated heterocycles. The second-order valence-electron chi connectivity index (χ2n) is 4.45. The van der Waals surface area contributed by atoms with Crippen molar-refractivity contribution in [2.45, 2.75) is 6.42 Å². The molecule has 2 N–H and O–H groups in total. The third-order valence-corrected chi connectivity index (χ3v) is 2.54. The minimum Gasteiger partial charge on any atom is -0.491 e. The first-order valence-corrected chi connectivity index (χ1v) is 6.36. The third kappa shape index (κ3) is 6.59. The zero-order chi connectivity index (χ0) is 13.2. The lowest BCUT2D eigenvalue weighted by Gasteiger charge is -2.10. The summed E-state index contributed by atoms with van der Waals surface area (Å²) in [5, 5.41) is 0. The zero-order valence-electron chi connectivity index (χ0n) is 11.4. The van der Waals surface area contributed by atoms with E-state index in [0.717, 1.165) is 25.3 Å². The largest absolute Gasteiger partial charge is 0.491 e. The molecule has 0 aliphatic carbocycles. The predicted molar refractivity (Wildman–Crippen MR) is 74.1 cm³/mol. The molecule has 0 radical (unpaired) electrons. The molecule has 1 aromatic rings. The smallest absolute Gasteiger partial charge is 0.119 e. The highest BCUT2D eigenvalue weighted by atomic mass is 16.5. The van der Waals surface area contributed by atoms with Gasteiger partial charge in [0.1, 0.15) is 12.4 Å². The Balaban J connectivity index is 2.11. The zero-order valence-corrected chi connectivity index (χ0v) is 11.4. The summed E-state index contributed by atoms with van der Waals surface area (Å²) in [6, 6.07) is 8.06. The molecule has 0 aromatic heterocycles. The minimum absolute atomic E-state index is 0.587. The van der Waals surface area contributed by atoms with Crippen LogP contribution in [0, 0.1) is 0 Å². The van der Waals surface area contributed by atoms with Gasteiger partial charge in [-0.2, -0.15) is 0 Å². The first-order chi connectivity index (χ1) is 8.72. The molecule has 0 spiro atoms. The second-order valence-corrected chi connectivity index (χ2v) is 4.45. The topological polar surface area (TPSA) is 47.7 Å². The molecule has 18 heavy (non-hydrogen) atoms. The standard InChI is InChI=1S/C14H24N2O2/c1-16(2)9-10-17-11-12-18-14-5-3-13(4-6-14)7-8-15/h3-6H,7-12,15H2,1-2H3. The molecule has 4 nitrogen and oxygen atoms in total. The fourth-order valence-electron chi connectivity index (χ4n) is 1.49. The highest BCUT2D eigenvalue weighted by molar-refractivity contribution is 5.27. The first kappa shape index (κ1) is 15.0. The Morgan fingerprint density at radius 1 is 1.06 bits per heavy atom. The van der Waals surface area contributed by atoms with Gasteiger partial charge in [-0.3, -0.25) is 0 Å². The Labute approximate surface area is 110 Å². The van der Waals surface area contributed by atoms with Gasteiger partial charge in [-0.15, -0.1) is 0 Å². The Morgan fingerprint density at radius 2 is 1.78 bits per heavy atom. The number of ether oxygens (including phenoxy) is 2. The number of rotatable bonds is 9. The van der Waals surface area contributed by atoms with Crippen LogP contribution in [0.4, 0.5) is 0 Å². The predicted octanol–water partition coefficient (Wildman–Crippen LogP) is 1.14. The minimum atomic E-state index is 0.587. The summed E-state index contributed by atoms with van der Waals surface area (Å²) in [7, 11) is 4.06. The Morgan fingerprint density at radius 3 is 2.39 bits per heavy atom. The van der Waals surface area contributed by atoms with Crippen molar-refractivity contribution >= 4 is 0 Å². The average molecular weight is 252 g/mol. The van der Waals surface area contributed by atoms with Crippen molar-refractivity contribution in [2.75, 3.05) is 47.0 Å². The Hall–Kier alpha value is -1.10. The molecule has 1 rings (SSSR count). The molecule has 1 aromatic carbocycles. The Bertz CT molecular complexity index is 312. The highest BCUT2D eigenvalue weighted by Gasteiger charge is 1.96. The number of hydrogen-bond donors (Lipinski definition) is 1. The summed E-state index contributed by atoms with van der Waals surface area (Å²) < 4.78 is 11.0. The SMILES string of the molecule is CN(C)CCOCCOc1ccc(CCN)cc1. The molecule has 0 atom stereocenters. The highest BCUT2D eigenvalue weighted by Crippen LogP contribution is 2.12. The maximum atomic E-state index is 5.58. The third-order valence-electron chi connectivity index (χ3n) is 2.54. The van der Waals surface area contributed by atoms with Gasteiger partial charge in [0.05, 0.1) is 13.2 Å². The van der Waals surface area contributed by atoms with Crippen molar-refractivity contribution in [3.05, 3.63) is 29.8 Å². The summed E-state index contributed by atoms with van der Waals surface area (Å²) in [6.45, 7) is 3.57. The fraction of sp³-hybridized carbons (Fsp3) is 0.571. The molecule has 0 unspecified atom stereocenters. The fourth-order valence-corrected chi connectivity index (χ4v) is 1.49. The van der Waals surface area contributed by atoms with Gasteiger partial charge in [-0.05, 0) is 44.8 Å². The van der Waals surface area contributed by atoms with E-state index in [2.05, 4.69) is 17.0 Å². The summed E-state index contributed by atoms with van der Waals surface area (Å²) in [4.78, 5) is 2.09. The lowest BCUT2D eigenvalue weighted by atomic mass is 10.1. The van der Waals surface area contributed by atoms with Crippen molar-refractivity contribution in [3.8, 4) is 5.75 Å². The van der Waals surface area contributed by atoms with Gasteiger partial charge >= 0.3 is 0 Å². The van der Waals surface area contributed by atoms with E-state index in [4.69, 9.17) is 15.2 Å². The molecule has 0 amide bonds. The lowest BCUT2D eigenvalue weighted by molar-refractivity contribution is 0.0890. The molecule has 0 aliphatic heterocycles. The van der Waals surface area contributed by atoms with Crippen LogP contribution >= 0.6 is 0 Å². The van der Waals surface area contributed by atoms with Gasteiger partial charge < -0.3 is 20.1 Å². The number of hydrogen-bond acceptors (Lipinski definition) is 4. The van der Waals surface area contributed by atoms with E-state index in [0.29, 0.717) is 19.8 Å². The van der Waals surface area contributed by atoms with Gasteiger partial charge in [0, 0.05) is 6.54 Å². The van der Waals surface area contributed by atoms with Gasteiger partial charge in [-0.25, -0.2) is 0 Å². The number of benzene rings is 1. The maximum absolute atomic E-state index is 5.58. The van der Waals surface area contributed by atoms with Crippen LogP contribution in [-0.4, -0.2) is 51.9 Å². The normalized spacial score (nSPS) is 10.9. The maximum Gasteiger partial charge on any atom is 0.119 e. The van der Waals surface area contributed by atoms with Crippen LogP contribution in [0.5, 0.6) is 5.75 Å². The number of nitrogens with two attached hydrogens (primary N) is 1. The van der Waals surface area contributed by atoms with Crippen LogP contribution in [0.2, 0.25) is 0 Å². The van der Waals surface area contributed by atoms with Crippen LogP contribution in [0.25, 0.3) is 0 Å². The molecule has 0 bridgehead atoms. The Kier molecular flexibility index (Phi) is 7.41. The number of likely N-dealkylation sites (N-methyl/N-ethyl adjacent to an activating group) is 1. The van der Waals surface area contributed by atoms with Crippen molar-refractivity contribution in [1.82, 2.24) is 4.90 Å². The van der Waals surface area contributed by atoms with Crippen molar-refractivity contribution in [2.24, 2.45) is 5.73 Å². The van der Waals surface area contributed by atoms with Crippen molar-refractivity contribution < 1.29 is 9.47 Å². The molecular weight excluding hydrogens is 228 g/mol. The first-order valence-electron chi connectivity index (χ1n) is 6.36. The van der Waals surface area contributed by atoms with Gasteiger partial charge in [0.2, 0.25) is 0 Å². The van der Waals surface area contributed by atoms with E-state index >= 15 is 0 Å². The van der Waals surface area contributed by atoms with E-state index in [1.54, 1.807) is 0 Å². The number of nitrogens with zero attached hydrogens (tertiary/aromatic N) is 1. The molecule has 0 saturated carbocycles. The van der Waals surface area contributed by atoms with Gasteiger partial charge in [-0.1, -0.05) is 12.1 Å². The van der Waals surface area contributed by atoms with Crippen LogP contribution < -0.4 is 10.5 Å². The van der Waals surface area contributed by atoms with Gasteiger partial charge in [0.25, 0.3) is 0 Å². The quantitative estimate of drug-likeness (QED) is 0.670. The summed E-state index contributed by atoms with van der Waals surface area (Å²) in [6.07, 6.45) is 0.911. The molecule has 0 aliphatic rings. The molecule has 0 heterocycles. The lowest BCUT2D eigenvalue weighted by Crippen LogP contribution is -2.19. The molecule has 102 valence electrons.